The molecule has 0 saturated carbocycles. The molecule has 0 spiro atoms. The summed E-state index contributed by atoms with van der Waals surface area (Å²) in [5.74, 6) is 0. The van der Waals surface area contributed by atoms with Crippen molar-refractivity contribution in [2.24, 2.45) is 0 Å². The van der Waals surface area contributed by atoms with Crippen molar-refractivity contribution in [2.45, 2.75) is 24.8 Å². The first-order valence-electron chi connectivity index (χ1n) is 5.99. The van der Waals surface area contributed by atoms with E-state index in [4.69, 9.17) is 0 Å². The molecule has 1 aromatic heterocycles. The van der Waals surface area contributed by atoms with Gasteiger partial charge in [0.05, 0.1) is 11.1 Å². The molecule has 2 rings (SSSR count). The van der Waals surface area contributed by atoms with Crippen LogP contribution in [0.2, 0.25) is 0 Å². The Bertz CT molecular complexity index is 623. The number of sulfonamides is 1. The molecule has 1 heterocycles. The lowest BCUT2D eigenvalue weighted by Gasteiger charge is -2.08. The molecule has 1 aromatic carbocycles. The Hall–Kier alpha value is -1.73. The van der Waals surface area contributed by atoms with Crippen LogP contribution in [0.15, 0.2) is 41.6 Å². The van der Waals surface area contributed by atoms with Gasteiger partial charge in [0.1, 0.15) is 0 Å². The fourth-order valence-electron chi connectivity index (χ4n) is 1.74. The number of aryl methyl sites for hydroxylation is 2. The van der Waals surface area contributed by atoms with E-state index < -0.39 is 10.0 Å². The second-order valence-electron chi connectivity index (χ2n) is 4.18. The second kappa shape index (κ2) is 5.94. The smallest absolute Gasteiger partial charge is 0.240 e. The average molecular weight is 280 g/mol. The third-order valence-electron chi connectivity index (χ3n) is 2.71. The summed E-state index contributed by atoms with van der Waals surface area (Å²) in [7, 11) is -3.43. The summed E-state index contributed by atoms with van der Waals surface area (Å²) in [4.78, 5) is 0.329. The molecular formula is C12H16N4O2S. The van der Waals surface area contributed by atoms with Gasteiger partial charge in [0.2, 0.25) is 10.0 Å². The fourth-order valence-corrected chi connectivity index (χ4v) is 3.05. The predicted octanol–water partition coefficient (Wildman–Crippen LogP) is 0.955. The highest BCUT2D eigenvalue weighted by Crippen LogP contribution is 2.13. The van der Waals surface area contributed by atoms with Crippen LogP contribution in [-0.4, -0.2) is 30.0 Å². The zero-order valence-corrected chi connectivity index (χ0v) is 11.5. The zero-order chi connectivity index (χ0) is 13.7. The highest BCUT2D eigenvalue weighted by Gasteiger charge is 2.14. The standard InChI is InChI=1S/C12H16N4O2S/c1-11-5-2-3-6-12(11)19(17,18)14-7-4-9-16-10-8-13-15-16/h2-3,5-6,8,10,14H,4,7,9H2,1H3. The SMILES string of the molecule is Cc1ccccc1S(=O)(=O)NCCCn1ccnn1. The van der Waals surface area contributed by atoms with E-state index in [1.807, 2.05) is 6.07 Å². The molecule has 2 aromatic rings. The molecular weight excluding hydrogens is 264 g/mol. The van der Waals surface area contributed by atoms with Gasteiger partial charge < -0.3 is 0 Å². The minimum atomic E-state index is -3.43. The molecule has 0 saturated heterocycles. The van der Waals surface area contributed by atoms with Gasteiger partial charge in [-0.1, -0.05) is 23.4 Å². The summed E-state index contributed by atoms with van der Waals surface area (Å²) >= 11 is 0. The molecule has 0 aliphatic heterocycles. The number of aromatic nitrogens is 3. The number of benzene rings is 1. The van der Waals surface area contributed by atoms with Crippen LogP contribution >= 0.6 is 0 Å². The van der Waals surface area contributed by atoms with E-state index in [0.29, 0.717) is 24.4 Å². The Balaban J connectivity index is 1.90. The molecule has 0 atom stereocenters. The maximum Gasteiger partial charge on any atom is 0.240 e. The van der Waals surface area contributed by atoms with Gasteiger partial charge in [0.15, 0.2) is 0 Å². The zero-order valence-electron chi connectivity index (χ0n) is 10.7. The van der Waals surface area contributed by atoms with E-state index in [9.17, 15) is 8.42 Å². The van der Waals surface area contributed by atoms with Crippen LogP contribution in [0.3, 0.4) is 0 Å². The van der Waals surface area contributed by atoms with E-state index in [-0.39, 0.29) is 0 Å². The fraction of sp³-hybridized carbons (Fsp3) is 0.333. The number of hydrogen-bond acceptors (Lipinski definition) is 4. The van der Waals surface area contributed by atoms with Gasteiger partial charge in [-0.25, -0.2) is 13.1 Å². The molecule has 6 nitrogen and oxygen atoms in total. The predicted molar refractivity (Wildman–Crippen MR) is 71.0 cm³/mol. The molecule has 102 valence electrons. The molecule has 0 fully saturated rings. The lowest BCUT2D eigenvalue weighted by atomic mass is 10.2. The maximum atomic E-state index is 12.1. The van der Waals surface area contributed by atoms with Crippen LogP contribution in [0.4, 0.5) is 0 Å². The Morgan fingerprint density at radius 2 is 2.11 bits per heavy atom. The van der Waals surface area contributed by atoms with Crippen molar-refractivity contribution in [3.8, 4) is 0 Å². The summed E-state index contributed by atoms with van der Waals surface area (Å²) in [6, 6.07) is 6.93. The number of rotatable bonds is 6. The summed E-state index contributed by atoms with van der Waals surface area (Å²) in [5.41, 5.74) is 0.742. The Kier molecular flexibility index (Phi) is 4.28. The quantitative estimate of drug-likeness (QED) is 0.799. The van der Waals surface area contributed by atoms with Crippen molar-refractivity contribution in [3.63, 3.8) is 0 Å². The van der Waals surface area contributed by atoms with Crippen molar-refractivity contribution < 1.29 is 8.42 Å². The Labute approximate surface area is 112 Å². The first kappa shape index (κ1) is 13.7. The van der Waals surface area contributed by atoms with Crippen molar-refractivity contribution >= 4 is 10.0 Å². The topological polar surface area (TPSA) is 76.9 Å². The Morgan fingerprint density at radius 1 is 1.32 bits per heavy atom. The highest BCUT2D eigenvalue weighted by molar-refractivity contribution is 7.89. The van der Waals surface area contributed by atoms with Crippen molar-refractivity contribution in [1.29, 1.82) is 0 Å². The largest absolute Gasteiger partial charge is 0.253 e. The first-order valence-corrected chi connectivity index (χ1v) is 7.47. The van der Waals surface area contributed by atoms with Crippen LogP contribution in [0.5, 0.6) is 0 Å². The lowest BCUT2D eigenvalue weighted by Crippen LogP contribution is -2.26. The summed E-state index contributed by atoms with van der Waals surface area (Å²) in [6.45, 7) is 2.79. The summed E-state index contributed by atoms with van der Waals surface area (Å²) < 4.78 is 28.4. The first-order chi connectivity index (χ1) is 9.09. The van der Waals surface area contributed by atoms with Gasteiger partial charge in [0, 0.05) is 19.3 Å². The van der Waals surface area contributed by atoms with Gasteiger partial charge in [-0.3, -0.25) is 4.68 Å². The van der Waals surface area contributed by atoms with Gasteiger partial charge >= 0.3 is 0 Å². The normalized spacial score (nSPS) is 11.6. The van der Waals surface area contributed by atoms with E-state index in [0.717, 1.165) is 5.56 Å². The molecule has 0 bridgehead atoms. The van der Waals surface area contributed by atoms with Crippen LogP contribution in [0.25, 0.3) is 0 Å². The van der Waals surface area contributed by atoms with Gasteiger partial charge in [0.25, 0.3) is 0 Å². The molecule has 7 heteroatoms. The minimum absolute atomic E-state index is 0.329. The third kappa shape index (κ3) is 3.62. The van der Waals surface area contributed by atoms with Crippen molar-refractivity contribution in [3.05, 3.63) is 42.2 Å². The van der Waals surface area contributed by atoms with E-state index >= 15 is 0 Å². The van der Waals surface area contributed by atoms with E-state index in [1.54, 1.807) is 42.2 Å². The van der Waals surface area contributed by atoms with Gasteiger partial charge in [-0.2, -0.15) is 0 Å². The van der Waals surface area contributed by atoms with Gasteiger partial charge in [-0.05, 0) is 25.0 Å². The number of nitrogens with zero attached hydrogens (tertiary/aromatic N) is 3. The van der Waals surface area contributed by atoms with Crippen LogP contribution < -0.4 is 4.72 Å². The van der Waals surface area contributed by atoms with Crippen molar-refractivity contribution in [2.75, 3.05) is 6.54 Å². The van der Waals surface area contributed by atoms with Crippen molar-refractivity contribution in [1.82, 2.24) is 19.7 Å². The Morgan fingerprint density at radius 3 is 2.79 bits per heavy atom. The van der Waals surface area contributed by atoms with Gasteiger partial charge in [-0.15, -0.1) is 5.10 Å². The highest BCUT2D eigenvalue weighted by atomic mass is 32.2. The maximum absolute atomic E-state index is 12.1. The minimum Gasteiger partial charge on any atom is -0.253 e. The number of hydrogen-bond donors (Lipinski definition) is 1. The monoisotopic (exact) mass is 280 g/mol. The molecule has 0 radical (unpaired) electrons. The summed E-state index contributed by atoms with van der Waals surface area (Å²) in [5, 5.41) is 7.50. The van der Waals surface area contributed by atoms with E-state index in [2.05, 4.69) is 15.0 Å². The molecule has 1 N–H and O–H groups in total. The lowest BCUT2D eigenvalue weighted by molar-refractivity contribution is 0.542. The molecule has 0 aliphatic rings. The molecule has 0 unspecified atom stereocenters. The van der Waals surface area contributed by atoms with Crippen LogP contribution in [-0.2, 0) is 16.6 Å². The summed E-state index contributed by atoms with van der Waals surface area (Å²) in [6.07, 6.45) is 4.00. The number of nitrogens with one attached hydrogen (secondary N) is 1. The molecule has 0 aliphatic carbocycles. The molecule has 19 heavy (non-hydrogen) atoms. The second-order valence-corrected chi connectivity index (χ2v) is 5.92. The third-order valence-corrected chi connectivity index (χ3v) is 4.33. The average Bonchev–Trinajstić information content (AvgIpc) is 2.88. The molecule has 0 amide bonds. The van der Waals surface area contributed by atoms with Crippen LogP contribution in [0.1, 0.15) is 12.0 Å². The van der Waals surface area contributed by atoms with Crippen LogP contribution in [0, 0.1) is 6.92 Å². The van der Waals surface area contributed by atoms with E-state index in [1.165, 1.54) is 0 Å².